The monoisotopic (exact) mass is 280 g/mol. The predicted octanol–water partition coefficient (Wildman–Crippen LogP) is 2.03. The zero-order chi connectivity index (χ0) is 15.1. The van der Waals surface area contributed by atoms with Crippen LogP contribution in [0.15, 0.2) is 18.2 Å². The Balaban J connectivity index is 2.37. The number of hydrogen-bond acceptors (Lipinski definition) is 2. The molecule has 0 aromatic heterocycles. The van der Waals surface area contributed by atoms with Gasteiger partial charge in [-0.15, -0.1) is 0 Å². The SMILES string of the molecule is CC[C@H](C)C(=O)NCCNC(=O)c1ccc(C)c(F)c1. The highest BCUT2D eigenvalue weighted by atomic mass is 19.1. The van der Waals surface area contributed by atoms with Gasteiger partial charge in [-0.05, 0) is 31.0 Å². The van der Waals surface area contributed by atoms with Crippen LogP contribution in [-0.4, -0.2) is 24.9 Å². The molecule has 0 aliphatic carbocycles. The summed E-state index contributed by atoms with van der Waals surface area (Å²) in [5.41, 5.74) is 0.781. The zero-order valence-electron chi connectivity index (χ0n) is 12.1. The zero-order valence-corrected chi connectivity index (χ0v) is 12.1. The van der Waals surface area contributed by atoms with Gasteiger partial charge in [0.25, 0.3) is 5.91 Å². The number of nitrogens with one attached hydrogen (secondary N) is 2. The summed E-state index contributed by atoms with van der Waals surface area (Å²) in [6.07, 6.45) is 0.779. The topological polar surface area (TPSA) is 58.2 Å². The Morgan fingerprint density at radius 1 is 1.25 bits per heavy atom. The average molecular weight is 280 g/mol. The van der Waals surface area contributed by atoms with E-state index >= 15 is 0 Å². The third-order valence-electron chi connectivity index (χ3n) is 3.20. The molecule has 2 amide bonds. The van der Waals surface area contributed by atoms with E-state index in [1.165, 1.54) is 6.07 Å². The van der Waals surface area contributed by atoms with E-state index < -0.39 is 5.82 Å². The van der Waals surface area contributed by atoms with Crippen LogP contribution in [0.5, 0.6) is 0 Å². The minimum absolute atomic E-state index is 0.0249. The molecule has 0 saturated heterocycles. The molecule has 0 radical (unpaired) electrons. The first-order valence-electron chi connectivity index (χ1n) is 6.77. The van der Waals surface area contributed by atoms with Gasteiger partial charge in [0.15, 0.2) is 0 Å². The molecule has 110 valence electrons. The molecule has 20 heavy (non-hydrogen) atoms. The highest BCUT2D eigenvalue weighted by Crippen LogP contribution is 2.08. The van der Waals surface area contributed by atoms with Crippen molar-refractivity contribution in [1.29, 1.82) is 0 Å². The van der Waals surface area contributed by atoms with Gasteiger partial charge in [0.1, 0.15) is 5.82 Å². The Morgan fingerprint density at radius 3 is 2.50 bits per heavy atom. The van der Waals surface area contributed by atoms with Crippen molar-refractivity contribution in [3.63, 3.8) is 0 Å². The molecule has 1 atom stereocenters. The molecule has 4 nitrogen and oxygen atoms in total. The predicted molar refractivity (Wildman–Crippen MR) is 75.9 cm³/mol. The van der Waals surface area contributed by atoms with E-state index in [2.05, 4.69) is 10.6 Å². The van der Waals surface area contributed by atoms with Gasteiger partial charge in [-0.3, -0.25) is 9.59 Å². The van der Waals surface area contributed by atoms with Crippen LogP contribution in [-0.2, 0) is 4.79 Å². The lowest BCUT2D eigenvalue weighted by Gasteiger charge is -2.10. The van der Waals surface area contributed by atoms with Crippen molar-refractivity contribution < 1.29 is 14.0 Å². The first kappa shape index (κ1) is 16.1. The van der Waals surface area contributed by atoms with Crippen molar-refractivity contribution in [2.75, 3.05) is 13.1 Å². The highest BCUT2D eigenvalue weighted by molar-refractivity contribution is 5.94. The number of rotatable bonds is 6. The second kappa shape index (κ2) is 7.62. The Morgan fingerprint density at radius 2 is 1.90 bits per heavy atom. The molecule has 0 saturated carbocycles. The Labute approximate surface area is 118 Å². The second-order valence-corrected chi connectivity index (χ2v) is 4.82. The molecule has 0 unspecified atom stereocenters. The molecule has 0 aliphatic rings. The number of aryl methyl sites for hydroxylation is 1. The first-order valence-corrected chi connectivity index (χ1v) is 6.77. The van der Waals surface area contributed by atoms with E-state index in [4.69, 9.17) is 0 Å². The summed E-state index contributed by atoms with van der Waals surface area (Å²) in [6, 6.07) is 4.35. The molecule has 0 spiro atoms. The minimum Gasteiger partial charge on any atom is -0.354 e. The molecule has 1 aromatic rings. The number of benzene rings is 1. The molecular formula is C15H21FN2O2. The summed E-state index contributed by atoms with van der Waals surface area (Å²) in [5, 5.41) is 5.37. The number of amides is 2. The lowest BCUT2D eigenvalue weighted by Crippen LogP contribution is -2.36. The average Bonchev–Trinajstić information content (AvgIpc) is 2.44. The van der Waals surface area contributed by atoms with Gasteiger partial charge in [0.2, 0.25) is 5.91 Å². The van der Waals surface area contributed by atoms with Crippen LogP contribution in [0.1, 0.15) is 36.2 Å². The Hall–Kier alpha value is -1.91. The summed E-state index contributed by atoms with van der Waals surface area (Å²) in [7, 11) is 0. The fourth-order valence-electron chi connectivity index (χ4n) is 1.56. The fourth-order valence-corrected chi connectivity index (χ4v) is 1.56. The Bertz CT molecular complexity index is 489. The van der Waals surface area contributed by atoms with Gasteiger partial charge in [-0.25, -0.2) is 4.39 Å². The fraction of sp³-hybridized carbons (Fsp3) is 0.467. The van der Waals surface area contributed by atoms with Gasteiger partial charge < -0.3 is 10.6 Å². The van der Waals surface area contributed by atoms with E-state index in [0.717, 1.165) is 6.42 Å². The molecule has 0 aliphatic heterocycles. The maximum atomic E-state index is 13.3. The van der Waals surface area contributed by atoms with E-state index in [1.54, 1.807) is 19.1 Å². The molecule has 0 heterocycles. The van der Waals surface area contributed by atoms with Crippen LogP contribution in [0.4, 0.5) is 4.39 Å². The summed E-state index contributed by atoms with van der Waals surface area (Å²) in [6.45, 7) is 6.11. The van der Waals surface area contributed by atoms with Crippen LogP contribution >= 0.6 is 0 Å². The lowest BCUT2D eigenvalue weighted by molar-refractivity contribution is -0.124. The third-order valence-corrected chi connectivity index (χ3v) is 3.20. The maximum Gasteiger partial charge on any atom is 0.251 e. The van der Waals surface area contributed by atoms with Gasteiger partial charge in [0.05, 0.1) is 0 Å². The summed E-state index contributed by atoms with van der Waals surface area (Å²) in [5.74, 6) is -0.801. The van der Waals surface area contributed by atoms with Crippen LogP contribution < -0.4 is 10.6 Å². The number of carbonyl (C=O) groups is 2. The van der Waals surface area contributed by atoms with Crippen LogP contribution in [0.2, 0.25) is 0 Å². The summed E-state index contributed by atoms with van der Waals surface area (Å²) in [4.78, 5) is 23.2. The van der Waals surface area contributed by atoms with Crippen molar-refractivity contribution in [3.05, 3.63) is 35.1 Å². The van der Waals surface area contributed by atoms with Crippen molar-refractivity contribution in [2.24, 2.45) is 5.92 Å². The first-order chi connectivity index (χ1) is 9.45. The summed E-state index contributed by atoms with van der Waals surface area (Å²) >= 11 is 0. The normalized spacial score (nSPS) is 11.8. The van der Waals surface area contributed by atoms with E-state index in [9.17, 15) is 14.0 Å². The van der Waals surface area contributed by atoms with Crippen LogP contribution in [0.3, 0.4) is 0 Å². The van der Waals surface area contributed by atoms with Crippen molar-refractivity contribution in [3.8, 4) is 0 Å². The largest absolute Gasteiger partial charge is 0.354 e. The van der Waals surface area contributed by atoms with Crippen molar-refractivity contribution in [2.45, 2.75) is 27.2 Å². The van der Waals surface area contributed by atoms with E-state index in [0.29, 0.717) is 18.7 Å². The van der Waals surface area contributed by atoms with E-state index in [1.807, 2.05) is 13.8 Å². The molecule has 0 bridgehead atoms. The van der Waals surface area contributed by atoms with Crippen molar-refractivity contribution in [1.82, 2.24) is 10.6 Å². The standard InChI is InChI=1S/C15H21FN2O2/c1-4-10(2)14(19)17-7-8-18-15(20)12-6-5-11(3)13(16)9-12/h5-6,9-10H,4,7-8H2,1-3H3,(H,17,19)(H,18,20)/t10-/m0/s1. The van der Waals surface area contributed by atoms with Gasteiger partial charge in [0, 0.05) is 24.6 Å². The van der Waals surface area contributed by atoms with Gasteiger partial charge in [-0.2, -0.15) is 0 Å². The number of halogens is 1. The molecule has 1 rings (SSSR count). The van der Waals surface area contributed by atoms with E-state index in [-0.39, 0.29) is 23.3 Å². The lowest BCUT2D eigenvalue weighted by atomic mass is 10.1. The van der Waals surface area contributed by atoms with Crippen LogP contribution in [0.25, 0.3) is 0 Å². The minimum atomic E-state index is -0.400. The molecule has 5 heteroatoms. The quantitative estimate of drug-likeness (QED) is 0.783. The third kappa shape index (κ3) is 4.64. The smallest absolute Gasteiger partial charge is 0.251 e. The van der Waals surface area contributed by atoms with Gasteiger partial charge in [-0.1, -0.05) is 19.9 Å². The molecule has 2 N–H and O–H groups in total. The molecule has 0 fully saturated rings. The number of hydrogen-bond donors (Lipinski definition) is 2. The maximum absolute atomic E-state index is 13.3. The summed E-state index contributed by atoms with van der Waals surface area (Å²) < 4.78 is 13.3. The molecular weight excluding hydrogens is 259 g/mol. The van der Waals surface area contributed by atoms with Gasteiger partial charge >= 0.3 is 0 Å². The molecule has 1 aromatic carbocycles. The number of carbonyl (C=O) groups excluding carboxylic acids is 2. The Kier molecular flexibility index (Phi) is 6.15. The highest BCUT2D eigenvalue weighted by Gasteiger charge is 2.10. The van der Waals surface area contributed by atoms with Crippen molar-refractivity contribution >= 4 is 11.8 Å². The second-order valence-electron chi connectivity index (χ2n) is 4.82. The van der Waals surface area contributed by atoms with Crippen LogP contribution in [0, 0.1) is 18.7 Å².